The number of carbonyl (C=O) groups is 1. The topological polar surface area (TPSA) is 70.0 Å². The van der Waals surface area contributed by atoms with Crippen LogP contribution in [-0.4, -0.2) is 53.4 Å². The van der Waals surface area contributed by atoms with Crippen molar-refractivity contribution in [2.75, 3.05) is 26.4 Å². The zero-order valence-electron chi connectivity index (χ0n) is 9.37. The molecule has 0 aliphatic carbocycles. The van der Waals surface area contributed by atoms with Gasteiger partial charge in [-0.15, -0.1) is 0 Å². The fourth-order valence-electron chi connectivity index (χ4n) is 1.88. The van der Waals surface area contributed by atoms with Crippen LogP contribution in [0.2, 0.25) is 0 Å². The van der Waals surface area contributed by atoms with Gasteiger partial charge in [0.25, 0.3) is 5.91 Å². The van der Waals surface area contributed by atoms with Gasteiger partial charge in [-0.05, 0) is 12.1 Å². The van der Waals surface area contributed by atoms with Crippen LogP contribution >= 0.6 is 0 Å². The minimum atomic E-state index is -0.337. The Kier molecular flexibility index (Phi) is 3.61. The first kappa shape index (κ1) is 11.9. The van der Waals surface area contributed by atoms with Crippen molar-refractivity contribution in [1.82, 2.24) is 4.90 Å². The van der Waals surface area contributed by atoms with Crippen LogP contribution in [0.1, 0.15) is 10.4 Å². The highest BCUT2D eigenvalue weighted by Crippen LogP contribution is 2.20. The van der Waals surface area contributed by atoms with Crippen LogP contribution in [0.3, 0.4) is 0 Å². The lowest BCUT2D eigenvalue weighted by molar-refractivity contribution is -0.0185. The van der Waals surface area contributed by atoms with Gasteiger partial charge < -0.3 is 19.8 Å². The number of ether oxygens (including phenoxy) is 1. The van der Waals surface area contributed by atoms with Gasteiger partial charge in [0, 0.05) is 6.54 Å². The first-order chi connectivity index (χ1) is 8.24. The van der Waals surface area contributed by atoms with Crippen LogP contribution in [0.4, 0.5) is 0 Å². The molecular formula is C12H15NO4. The Bertz CT molecular complexity index is 407. The van der Waals surface area contributed by atoms with Gasteiger partial charge in [0.1, 0.15) is 5.75 Å². The van der Waals surface area contributed by atoms with Crippen molar-refractivity contribution >= 4 is 5.91 Å². The Balaban J connectivity index is 2.21. The number of rotatable bonds is 2. The summed E-state index contributed by atoms with van der Waals surface area (Å²) in [6.45, 7) is 1.07. The van der Waals surface area contributed by atoms with E-state index in [0.29, 0.717) is 19.8 Å². The predicted octanol–water partition coefficient (Wildman–Crippen LogP) is 0.226. The predicted molar refractivity (Wildman–Crippen MR) is 60.8 cm³/mol. The smallest absolute Gasteiger partial charge is 0.258 e. The molecule has 1 fully saturated rings. The van der Waals surface area contributed by atoms with Crippen LogP contribution in [0.25, 0.3) is 0 Å². The maximum atomic E-state index is 12.2. The lowest BCUT2D eigenvalue weighted by Gasteiger charge is -2.34. The van der Waals surface area contributed by atoms with Crippen molar-refractivity contribution in [3.8, 4) is 5.75 Å². The summed E-state index contributed by atoms with van der Waals surface area (Å²) in [4.78, 5) is 13.7. The maximum absolute atomic E-state index is 12.2. The van der Waals surface area contributed by atoms with E-state index in [1.165, 1.54) is 6.07 Å². The number of hydrogen-bond acceptors (Lipinski definition) is 4. The molecule has 1 aromatic rings. The third-order valence-electron chi connectivity index (χ3n) is 2.83. The number of phenols is 1. The van der Waals surface area contributed by atoms with Gasteiger partial charge in [0.2, 0.25) is 0 Å². The molecule has 2 N–H and O–H groups in total. The number of aliphatic hydroxyl groups excluding tert-OH is 1. The van der Waals surface area contributed by atoms with Crippen molar-refractivity contribution < 1.29 is 19.7 Å². The summed E-state index contributed by atoms with van der Waals surface area (Å²) in [5.74, 6) is -0.314. The van der Waals surface area contributed by atoms with Crippen LogP contribution in [-0.2, 0) is 4.74 Å². The highest BCUT2D eigenvalue weighted by molar-refractivity contribution is 5.97. The Labute approximate surface area is 99.2 Å². The summed E-state index contributed by atoms with van der Waals surface area (Å²) in [5, 5.41) is 18.8. The first-order valence-electron chi connectivity index (χ1n) is 5.51. The molecule has 2 rings (SSSR count). The second kappa shape index (κ2) is 5.16. The Morgan fingerprint density at radius 3 is 2.94 bits per heavy atom. The van der Waals surface area contributed by atoms with E-state index in [1.54, 1.807) is 23.1 Å². The monoisotopic (exact) mass is 237 g/mol. The SMILES string of the molecule is O=C(c1ccccc1O)N1CCOCC1CO. The van der Waals surface area contributed by atoms with Crippen molar-refractivity contribution in [3.05, 3.63) is 29.8 Å². The van der Waals surface area contributed by atoms with Gasteiger partial charge in [0.05, 0.1) is 31.4 Å². The zero-order chi connectivity index (χ0) is 12.3. The zero-order valence-corrected chi connectivity index (χ0v) is 9.37. The van der Waals surface area contributed by atoms with Crippen LogP contribution < -0.4 is 0 Å². The quantitative estimate of drug-likeness (QED) is 0.772. The highest BCUT2D eigenvalue weighted by Gasteiger charge is 2.28. The molecule has 0 saturated carbocycles. The van der Waals surface area contributed by atoms with Crippen molar-refractivity contribution in [2.24, 2.45) is 0 Å². The number of benzene rings is 1. The molecule has 0 radical (unpaired) electrons. The van der Waals surface area contributed by atoms with Crippen molar-refractivity contribution in [3.63, 3.8) is 0 Å². The van der Waals surface area contributed by atoms with Gasteiger partial charge in [-0.3, -0.25) is 4.79 Å². The van der Waals surface area contributed by atoms with Crippen LogP contribution in [0.15, 0.2) is 24.3 Å². The van der Waals surface area contributed by atoms with Crippen LogP contribution in [0, 0.1) is 0 Å². The molecule has 1 aliphatic heterocycles. The summed E-state index contributed by atoms with van der Waals surface area (Å²) >= 11 is 0. The number of para-hydroxylation sites is 1. The average Bonchev–Trinajstić information content (AvgIpc) is 2.38. The molecule has 1 aliphatic rings. The van der Waals surface area contributed by atoms with Crippen molar-refractivity contribution in [2.45, 2.75) is 6.04 Å². The fraction of sp³-hybridized carbons (Fsp3) is 0.417. The number of phenolic OH excluding ortho intramolecular Hbond substituents is 1. The maximum Gasteiger partial charge on any atom is 0.258 e. The number of aliphatic hydroxyl groups is 1. The second-order valence-electron chi connectivity index (χ2n) is 3.93. The van der Waals surface area contributed by atoms with E-state index in [0.717, 1.165) is 0 Å². The van der Waals surface area contributed by atoms with E-state index in [9.17, 15) is 15.0 Å². The average molecular weight is 237 g/mol. The number of carbonyl (C=O) groups excluding carboxylic acids is 1. The number of aromatic hydroxyl groups is 1. The molecule has 1 aromatic carbocycles. The lowest BCUT2D eigenvalue weighted by Crippen LogP contribution is -2.50. The molecule has 92 valence electrons. The molecular weight excluding hydrogens is 222 g/mol. The second-order valence-corrected chi connectivity index (χ2v) is 3.93. The van der Waals surface area contributed by atoms with E-state index < -0.39 is 0 Å². The minimum Gasteiger partial charge on any atom is -0.507 e. The summed E-state index contributed by atoms with van der Waals surface area (Å²) < 4.78 is 5.20. The minimum absolute atomic E-state index is 0.0410. The van der Waals surface area contributed by atoms with Crippen molar-refractivity contribution in [1.29, 1.82) is 0 Å². The highest BCUT2D eigenvalue weighted by atomic mass is 16.5. The molecule has 0 spiro atoms. The fourth-order valence-corrected chi connectivity index (χ4v) is 1.88. The van der Waals surface area contributed by atoms with Gasteiger partial charge >= 0.3 is 0 Å². The van der Waals surface area contributed by atoms with Gasteiger partial charge in [-0.25, -0.2) is 0 Å². The molecule has 1 saturated heterocycles. The van der Waals surface area contributed by atoms with Gasteiger partial charge in [-0.1, -0.05) is 12.1 Å². The first-order valence-corrected chi connectivity index (χ1v) is 5.51. The number of nitrogens with zero attached hydrogens (tertiary/aromatic N) is 1. The van der Waals surface area contributed by atoms with E-state index >= 15 is 0 Å². The molecule has 17 heavy (non-hydrogen) atoms. The summed E-state index contributed by atoms with van der Waals surface area (Å²) in [5.41, 5.74) is 0.257. The third-order valence-corrected chi connectivity index (χ3v) is 2.83. The third kappa shape index (κ3) is 2.40. The molecule has 1 heterocycles. The van der Waals surface area contributed by atoms with Gasteiger partial charge in [0.15, 0.2) is 0 Å². The number of hydrogen-bond donors (Lipinski definition) is 2. The summed E-state index contributed by atoms with van der Waals surface area (Å²) in [6, 6.07) is 6.07. The lowest BCUT2D eigenvalue weighted by atomic mass is 10.1. The Morgan fingerprint density at radius 1 is 1.47 bits per heavy atom. The van der Waals surface area contributed by atoms with E-state index in [-0.39, 0.29) is 29.9 Å². The molecule has 0 aromatic heterocycles. The summed E-state index contributed by atoms with van der Waals surface area (Å²) in [6.07, 6.45) is 0. The van der Waals surface area contributed by atoms with E-state index in [1.807, 2.05) is 0 Å². The molecule has 1 atom stereocenters. The molecule has 5 heteroatoms. The normalized spacial score (nSPS) is 20.3. The largest absolute Gasteiger partial charge is 0.507 e. The summed E-state index contributed by atoms with van der Waals surface area (Å²) in [7, 11) is 0. The Morgan fingerprint density at radius 2 is 2.24 bits per heavy atom. The number of morpholine rings is 1. The molecule has 1 amide bonds. The Hall–Kier alpha value is -1.59. The van der Waals surface area contributed by atoms with E-state index in [2.05, 4.69) is 0 Å². The molecule has 5 nitrogen and oxygen atoms in total. The van der Waals surface area contributed by atoms with E-state index in [4.69, 9.17) is 4.74 Å². The van der Waals surface area contributed by atoms with Crippen LogP contribution in [0.5, 0.6) is 5.75 Å². The standard InChI is InChI=1S/C12H15NO4/c14-7-9-8-17-6-5-13(9)12(16)10-3-1-2-4-11(10)15/h1-4,9,14-15H,5-8H2. The molecule has 0 bridgehead atoms. The van der Waals surface area contributed by atoms with Gasteiger partial charge in [-0.2, -0.15) is 0 Å². The number of amides is 1. The molecule has 1 unspecified atom stereocenters.